The van der Waals surface area contributed by atoms with Crippen LogP contribution in [0.4, 0.5) is 13.2 Å². The minimum absolute atomic E-state index is 0.0686. The maximum atomic E-state index is 11.5. The lowest BCUT2D eigenvalue weighted by Crippen LogP contribution is -2.30. The molecule has 0 bridgehead atoms. The zero-order valence-corrected chi connectivity index (χ0v) is 8.95. The van der Waals surface area contributed by atoms with E-state index in [1.54, 1.807) is 0 Å². The van der Waals surface area contributed by atoms with Gasteiger partial charge in [-0.25, -0.2) is 0 Å². The van der Waals surface area contributed by atoms with Gasteiger partial charge in [0, 0.05) is 18.5 Å². The Morgan fingerprint density at radius 1 is 1.36 bits per heavy atom. The SMILES string of the molecule is CC(C)C(Cl)CNCCOC(F)(F)F. The number of hydrogen-bond donors (Lipinski definition) is 1. The van der Waals surface area contributed by atoms with Gasteiger partial charge in [-0.1, -0.05) is 13.8 Å². The summed E-state index contributed by atoms with van der Waals surface area (Å²) in [7, 11) is 0. The van der Waals surface area contributed by atoms with Crippen molar-refractivity contribution in [3.8, 4) is 0 Å². The van der Waals surface area contributed by atoms with Gasteiger partial charge in [-0.3, -0.25) is 4.74 Å². The summed E-state index contributed by atoms with van der Waals surface area (Å²) in [4.78, 5) is 0. The summed E-state index contributed by atoms with van der Waals surface area (Å²) in [5.41, 5.74) is 0. The average molecular weight is 234 g/mol. The largest absolute Gasteiger partial charge is 0.522 e. The molecule has 0 aromatic carbocycles. The van der Waals surface area contributed by atoms with Gasteiger partial charge in [-0.05, 0) is 5.92 Å². The number of nitrogens with one attached hydrogen (secondary N) is 1. The molecule has 0 aliphatic rings. The number of ether oxygens (including phenoxy) is 1. The van der Waals surface area contributed by atoms with Crippen LogP contribution in [0.15, 0.2) is 0 Å². The highest BCUT2D eigenvalue weighted by Gasteiger charge is 2.28. The van der Waals surface area contributed by atoms with Gasteiger partial charge in [0.1, 0.15) is 0 Å². The molecule has 0 aliphatic carbocycles. The molecule has 0 heterocycles. The molecule has 14 heavy (non-hydrogen) atoms. The molecule has 0 amide bonds. The first-order valence-corrected chi connectivity index (χ1v) is 4.82. The van der Waals surface area contributed by atoms with Crippen LogP contribution in [0.1, 0.15) is 13.8 Å². The van der Waals surface area contributed by atoms with Crippen LogP contribution >= 0.6 is 11.6 Å². The van der Waals surface area contributed by atoms with Crippen LogP contribution in [0.5, 0.6) is 0 Å². The first-order chi connectivity index (χ1) is 6.33. The van der Waals surface area contributed by atoms with Gasteiger partial charge in [0.25, 0.3) is 0 Å². The molecule has 2 nitrogen and oxygen atoms in total. The summed E-state index contributed by atoms with van der Waals surface area (Å²) in [6, 6.07) is 0. The van der Waals surface area contributed by atoms with Gasteiger partial charge in [0.2, 0.25) is 0 Å². The zero-order chi connectivity index (χ0) is 11.2. The molecule has 1 N–H and O–H groups in total. The number of rotatable bonds is 6. The highest BCUT2D eigenvalue weighted by atomic mass is 35.5. The Balaban J connectivity index is 3.30. The second-order valence-corrected chi connectivity index (χ2v) is 3.82. The summed E-state index contributed by atoms with van der Waals surface area (Å²) < 4.78 is 38.0. The summed E-state index contributed by atoms with van der Waals surface area (Å²) in [6.45, 7) is 4.15. The molecular formula is C8H15ClF3NO. The minimum Gasteiger partial charge on any atom is -0.313 e. The maximum Gasteiger partial charge on any atom is 0.522 e. The van der Waals surface area contributed by atoms with Gasteiger partial charge < -0.3 is 5.32 Å². The number of alkyl halides is 4. The standard InChI is InChI=1S/C8H15ClF3NO/c1-6(2)7(9)5-13-3-4-14-8(10,11)12/h6-7,13H,3-5H2,1-2H3. The molecule has 0 saturated carbocycles. The van der Waals surface area contributed by atoms with E-state index in [9.17, 15) is 13.2 Å². The van der Waals surface area contributed by atoms with Crippen molar-refractivity contribution in [3.05, 3.63) is 0 Å². The third kappa shape index (κ3) is 8.59. The quantitative estimate of drug-likeness (QED) is 0.562. The highest BCUT2D eigenvalue weighted by Crippen LogP contribution is 2.15. The van der Waals surface area contributed by atoms with Crippen molar-refractivity contribution in [2.24, 2.45) is 5.92 Å². The molecule has 0 aliphatic heterocycles. The van der Waals surface area contributed by atoms with Crippen molar-refractivity contribution < 1.29 is 17.9 Å². The molecule has 0 aromatic heterocycles. The molecule has 6 heteroatoms. The van der Waals surface area contributed by atoms with Crippen molar-refractivity contribution in [1.29, 1.82) is 0 Å². The van der Waals surface area contributed by atoms with Gasteiger partial charge in [0.05, 0.1) is 6.61 Å². The Hall–Kier alpha value is -0.0000000000000000555. The summed E-state index contributed by atoms with van der Waals surface area (Å²) in [5, 5.41) is 2.71. The van der Waals surface area contributed by atoms with Crippen molar-refractivity contribution in [3.63, 3.8) is 0 Å². The van der Waals surface area contributed by atoms with E-state index in [1.165, 1.54) is 0 Å². The Bertz CT molecular complexity index is 152. The molecule has 0 fully saturated rings. The van der Waals surface area contributed by atoms with E-state index >= 15 is 0 Å². The van der Waals surface area contributed by atoms with E-state index in [-0.39, 0.29) is 18.5 Å². The van der Waals surface area contributed by atoms with Crippen LogP contribution in [0.2, 0.25) is 0 Å². The van der Waals surface area contributed by atoms with E-state index in [0.717, 1.165) is 0 Å². The van der Waals surface area contributed by atoms with Crippen LogP contribution in [0, 0.1) is 5.92 Å². The zero-order valence-electron chi connectivity index (χ0n) is 8.20. The second kappa shape index (κ2) is 6.48. The summed E-state index contributed by atoms with van der Waals surface area (Å²) >= 11 is 5.86. The van der Waals surface area contributed by atoms with Gasteiger partial charge >= 0.3 is 6.36 Å². The van der Waals surface area contributed by atoms with Gasteiger partial charge in [-0.15, -0.1) is 24.8 Å². The van der Waals surface area contributed by atoms with E-state index in [4.69, 9.17) is 11.6 Å². The number of hydrogen-bond acceptors (Lipinski definition) is 2. The first kappa shape index (κ1) is 14.0. The van der Waals surface area contributed by atoms with Crippen LogP contribution in [0.3, 0.4) is 0 Å². The Morgan fingerprint density at radius 2 is 1.93 bits per heavy atom. The normalized spacial score (nSPS) is 14.8. The monoisotopic (exact) mass is 233 g/mol. The lowest BCUT2D eigenvalue weighted by Gasteiger charge is -2.14. The molecule has 0 saturated heterocycles. The first-order valence-electron chi connectivity index (χ1n) is 4.38. The van der Waals surface area contributed by atoms with Crippen molar-refractivity contribution in [1.82, 2.24) is 5.32 Å². The number of halogens is 4. The molecule has 86 valence electrons. The Kier molecular flexibility index (Phi) is 6.48. The van der Waals surface area contributed by atoms with Crippen molar-refractivity contribution in [2.45, 2.75) is 25.6 Å². The lowest BCUT2D eigenvalue weighted by molar-refractivity contribution is -0.323. The third-order valence-electron chi connectivity index (χ3n) is 1.61. The molecule has 0 aromatic rings. The van der Waals surface area contributed by atoms with Crippen LogP contribution < -0.4 is 5.32 Å². The molecule has 1 atom stereocenters. The lowest BCUT2D eigenvalue weighted by atomic mass is 10.1. The van der Waals surface area contributed by atoms with Crippen molar-refractivity contribution in [2.75, 3.05) is 19.7 Å². The fraction of sp³-hybridized carbons (Fsp3) is 1.00. The minimum atomic E-state index is -4.54. The molecular weight excluding hydrogens is 219 g/mol. The fourth-order valence-electron chi connectivity index (χ4n) is 0.715. The van der Waals surface area contributed by atoms with E-state index in [2.05, 4.69) is 10.1 Å². The second-order valence-electron chi connectivity index (χ2n) is 3.26. The Labute approximate surface area is 86.8 Å². The smallest absolute Gasteiger partial charge is 0.313 e. The van der Waals surface area contributed by atoms with E-state index < -0.39 is 6.36 Å². The predicted octanol–water partition coefficient (Wildman–Crippen LogP) is 2.38. The fourth-order valence-corrected chi connectivity index (χ4v) is 0.824. The summed E-state index contributed by atoms with van der Waals surface area (Å²) in [6.07, 6.45) is -4.54. The van der Waals surface area contributed by atoms with Gasteiger partial charge in [0.15, 0.2) is 0 Å². The molecule has 1 unspecified atom stereocenters. The van der Waals surface area contributed by atoms with Crippen LogP contribution in [-0.4, -0.2) is 31.4 Å². The molecule has 0 rings (SSSR count). The summed E-state index contributed by atoms with van der Waals surface area (Å²) in [5.74, 6) is 0.299. The Morgan fingerprint density at radius 3 is 2.36 bits per heavy atom. The predicted molar refractivity (Wildman–Crippen MR) is 49.4 cm³/mol. The third-order valence-corrected chi connectivity index (χ3v) is 2.27. The van der Waals surface area contributed by atoms with E-state index in [1.807, 2.05) is 13.8 Å². The van der Waals surface area contributed by atoms with E-state index in [0.29, 0.717) is 12.5 Å². The van der Waals surface area contributed by atoms with Crippen LogP contribution in [0.25, 0.3) is 0 Å². The highest BCUT2D eigenvalue weighted by molar-refractivity contribution is 6.20. The van der Waals surface area contributed by atoms with Gasteiger partial charge in [-0.2, -0.15) is 0 Å². The molecule has 0 radical (unpaired) electrons. The maximum absolute atomic E-state index is 11.5. The average Bonchev–Trinajstić information content (AvgIpc) is 2.01. The van der Waals surface area contributed by atoms with Crippen LogP contribution in [-0.2, 0) is 4.74 Å². The topological polar surface area (TPSA) is 21.3 Å². The van der Waals surface area contributed by atoms with Crippen molar-refractivity contribution >= 4 is 11.6 Å². The molecule has 0 spiro atoms.